The highest BCUT2D eigenvalue weighted by Crippen LogP contribution is 2.21. The van der Waals surface area contributed by atoms with Crippen molar-refractivity contribution in [2.45, 2.75) is 20.4 Å². The molecule has 1 heteroatoms. The molecule has 0 spiro atoms. The molecule has 0 bridgehead atoms. The molecule has 2 aromatic rings. The lowest BCUT2D eigenvalue weighted by Gasteiger charge is -1.98. The molecule has 1 heterocycles. The molecular formula is C13H15N. The summed E-state index contributed by atoms with van der Waals surface area (Å²) in [5.74, 6) is 0. The Morgan fingerprint density at radius 3 is 2.36 bits per heavy atom. The Kier molecular flexibility index (Phi) is 2.40. The van der Waals surface area contributed by atoms with Crippen LogP contribution in [-0.4, -0.2) is 4.57 Å². The predicted octanol–water partition coefficient (Wildman–Crippen LogP) is 3.48. The molecule has 0 aliphatic heterocycles. The van der Waals surface area contributed by atoms with E-state index in [0.29, 0.717) is 0 Å². The average molecular weight is 185 g/mol. The number of rotatable bonds is 2. The molecule has 0 saturated carbocycles. The molecule has 0 N–H and O–H groups in total. The Labute approximate surface area is 85.0 Å². The second-order valence-electron chi connectivity index (χ2n) is 3.52. The third kappa shape index (κ3) is 1.58. The van der Waals surface area contributed by atoms with Crippen LogP contribution in [0.15, 0.2) is 42.6 Å². The molecule has 14 heavy (non-hydrogen) atoms. The van der Waals surface area contributed by atoms with E-state index in [1.54, 1.807) is 0 Å². The van der Waals surface area contributed by atoms with E-state index < -0.39 is 0 Å². The van der Waals surface area contributed by atoms with Gasteiger partial charge in [-0.05, 0) is 31.0 Å². The fourth-order valence-corrected chi connectivity index (χ4v) is 1.74. The first-order chi connectivity index (χ1) is 6.81. The largest absolute Gasteiger partial charge is 0.351 e. The fraction of sp³-hybridized carbons (Fsp3) is 0.231. The number of hydrogen-bond acceptors (Lipinski definition) is 0. The molecule has 0 radical (unpaired) electrons. The Balaban J connectivity index is 2.43. The summed E-state index contributed by atoms with van der Waals surface area (Å²) >= 11 is 0. The molecule has 0 saturated heterocycles. The molecule has 1 nitrogen and oxygen atoms in total. The van der Waals surface area contributed by atoms with Crippen LogP contribution in [0.3, 0.4) is 0 Å². The van der Waals surface area contributed by atoms with Gasteiger partial charge in [0.05, 0.1) is 0 Å². The Bertz CT molecular complexity index is 412. The van der Waals surface area contributed by atoms with Gasteiger partial charge in [-0.25, -0.2) is 0 Å². The zero-order valence-corrected chi connectivity index (χ0v) is 8.70. The van der Waals surface area contributed by atoms with Gasteiger partial charge in [0.25, 0.3) is 0 Å². The van der Waals surface area contributed by atoms with Crippen LogP contribution < -0.4 is 0 Å². The number of nitrogens with zero attached hydrogens (tertiary/aromatic N) is 1. The van der Waals surface area contributed by atoms with Crippen molar-refractivity contribution < 1.29 is 0 Å². The van der Waals surface area contributed by atoms with Crippen LogP contribution in [0.25, 0.3) is 11.1 Å². The van der Waals surface area contributed by atoms with Gasteiger partial charge in [0, 0.05) is 18.4 Å². The minimum atomic E-state index is 1.04. The lowest BCUT2D eigenvalue weighted by atomic mass is 10.1. The maximum atomic E-state index is 2.27. The summed E-state index contributed by atoms with van der Waals surface area (Å²) in [7, 11) is 0. The van der Waals surface area contributed by atoms with Gasteiger partial charge in [-0.2, -0.15) is 0 Å². The molecule has 72 valence electrons. The van der Waals surface area contributed by atoms with E-state index in [1.807, 2.05) is 6.07 Å². The van der Waals surface area contributed by atoms with Crippen molar-refractivity contribution in [1.29, 1.82) is 0 Å². The summed E-state index contributed by atoms with van der Waals surface area (Å²) in [6.07, 6.45) is 2.21. The smallest absolute Gasteiger partial charge is 0.0194 e. The van der Waals surface area contributed by atoms with Gasteiger partial charge >= 0.3 is 0 Å². The van der Waals surface area contributed by atoms with Gasteiger partial charge in [-0.1, -0.05) is 30.3 Å². The lowest BCUT2D eigenvalue weighted by Crippen LogP contribution is -1.92. The van der Waals surface area contributed by atoms with Gasteiger partial charge in [-0.3, -0.25) is 0 Å². The highest BCUT2D eigenvalue weighted by molar-refractivity contribution is 5.63. The highest BCUT2D eigenvalue weighted by Gasteiger charge is 2.01. The van der Waals surface area contributed by atoms with Crippen molar-refractivity contribution in [3.05, 3.63) is 48.3 Å². The quantitative estimate of drug-likeness (QED) is 0.675. The third-order valence-electron chi connectivity index (χ3n) is 2.56. The summed E-state index contributed by atoms with van der Waals surface area (Å²) in [5.41, 5.74) is 3.93. The summed E-state index contributed by atoms with van der Waals surface area (Å²) in [5, 5.41) is 0. The number of aryl methyl sites for hydroxylation is 2. The van der Waals surface area contributed by atoms with Crippen molar-refractivity contribution in [2.75, 3.05) is 0 Å². The van der Waals surface area contributed by atoms with E-state index in [4.69, 9.17) is 0 Å². The molecule has 1 aromatic heterocycles. The number of benzene rings is 1. The second-order valence-corrected chi connectivity index (χ2v) is 3.52. The first-order valence-corrected chi connectivity index (χ1v) is 5.03. The summed E-state index contributed by atoms with van der Waals surface area (Å²) in [6, 6.07) is 12.7. The minimum Gasteiger partial charge on any atom is -0.351 e. The van der Waals surface area contributed by atoms with Gasteiger partial charge in [-0.15, -0.1) is 0 Å². The van der Waals surface area contributed by atoms with E-state index in [-0.39, 0.29) is 0 Å². The van der Waals surface area contributed by atoms with Crippen LogP contribution in [0, 0.1) is 6.92 Å². The van der Waals surface area contributed by atoms with E-state index >= 15 is 0 Å². The third-order valence-corrected chi connectivity index (χ3v) is 2.56. The molecule has 2 rings (SSSR count). The predicted molar refractivity (Wildman–Crippen MR) is 60.3 cm³/mol. The standard InChI is InChI=1S/C13H15N/c1-3-14-10-13(9-11(14)2)12-7-5-4-6-8-12/h4-10H,3H2,1-2H3. The zero-order chi connectivity index (χ0) is 9.97. The Morgan fingerprint density at radius 2 is 1.79 bits per heavy atom. The SMILES string of the molecule is CCn1cc(-c2ccccc2)cc1C. The van der Waals surface area contributed by atoms with Gasteiger partial charge in [0.1, 0.15) is 0 Å². The Morgan fingerprint density at radius 1 is 1.07 bits per heavy atom. The second kappa shape index (κ2) is 3.70. The topological polar surface area (TPSA) is 4.93 Å². The zero-order valence-electron chi connectivity index (χ0n) is 8.70. The van der Waals surface area contributed by atoms with E-state index in [1.165, 1.54) is 16.8 Å². The summed E-state index contributed by atoms with van der Waals surface area (Å²) in [4.78, 5) is 0. The molecule has 0 aliphatic carbocycles. The highest BCUT2D eigenvalue weighted by atomic mass is 14.9. The van der Waals surface area contributed by atoms with Crippen molar-refractivity contribution in [3.63, 3.8) is 0 Å². The monoisotopic (exact) mass is 185 g/mol. The van der Waals surface area contributed by atoms with E-state index in [0.717, 1.165) is 6.54 Å². The van der Waals surface area contributed by atoms with E-state index in [2.05, 4.69) is 54.9 Å². The van der Waals surface area contributed by atoms with Gasteiger partial charge in [0.2, 0.25) is 0 Å². The maximum Gasteiger partial charge on any atom is 0.0194 e. The first kappa shape index (κ1) is 9.07. The number of aromatic nitrogens is 1. The van der Waals surface area contributed by atoms with Crippen molar-refractivity contribution in [1.82, 2.24) is 4.57 Å². The summed E-state index contributed by atoms with van der Waals surface area (Å²) < 4.78 is 2.27. The number of hydrogen-bond donors (Lipinski definition) is 0. The van der Waals surface area contributed by atoms with E-state index in [9.17, 15) is 0 Å². The average Bonchev–Trinajstić information content (AvgIpc) is 2.61. The van der Waals surface area contributed by atoms with Crippen LogP contribution in [0.5, 0.6) is 0 Å². The molecule has 0 aliphatic rings. The van der Waals surface area contributed by atoms with Crippen LogP contribution >= 0.6 is 0 Å². The normalized spacial score (nSPS) is 10.4. The molecule has 1 aromatic carbocycles. The molecule has 0 fully saturated rings. The maximum absolute atomic E-state index is 2.27. The fourth-order valence-electron chi connectivity index (χ4n) is 1.74. The molecule has 0 unspecified atom stereocenters. The van der Waals surface area contributed by atoms with Crippen LogP contribution in [0.2, 0.25) is 0 Å². The van der Waals surface area contributed by atoms with Gasteiger partial charge < -0.3 is 4.57 Å². The molecule has 0 atom stereocenters. The van der Waals surface area contributed by atoms with Gasteiger partial charge in [0.15, 0.2) is 0 Å². The van der Waals surface area contributed by atoms with Crippen LogP contribution in [0.1, 0.15) is 12.6 Å². The molecular weight excluding hydrogens is 170 g/mol. The van der Waals surface area contributed by atoms with Crippen molar-refractivity contribution in [2.24, 2.45) is 0 Å². The lowest BCUT2D eigenvalue weighted by molar-refractivity contribution is 0.743. The minimum absolute atomic E-state index is 1.04. The van der Waals surface area contributed by atoms with Crippen molar-refractivity contribution in [3.8, 4) is 11.1 Å². The van der Waals surface area contributed by atoms with Crippen LogP contribution in [0.4, 0.5) is 0 Å². The summed E-state index contributed by atoms with van der Waals surface area (Å²) in [6.45, 7) is 5.36. The Hall–Kier alpha value is -1.50. The first-order valence-electron chi connectivity index (χ1n) is 5.03. The van der Waals surface area contributed by atoms with Crippen molar-refractivity contribution >= 4 is 0 Å². The molecule has 0 amide bonds. The van der Waals surface area contributed by atoms with Crippen LogP contribution in [-0.2, 0) is 6.54 Å².